The summed E-state index contributed by atoms with van der Waals surface area (Å²) in [6, 6.07) is -0.989. The van der Waals surface area contributed by atoms with E-state index in [1.54, 1.807) is 0 Å². The fourth-order valence-electron chi connectivity index (χ4n) is 3.34. The predicted molar refractivity (Wildman–Crippen MR) is 68.0 cm³/mol. The topological polar surface area (TPSA) is 165 Å². The summed E-state index contributed by atoms with van der Waals surface area (Å²) < 4.78 is 0. The molecule has 0 aromatic heterocycles. The first-order valence-electron chi connectivity index (χ1n) is 6.91. The van der Waals surface area contributed by atoms with Gasteiger partial charge in [-0.25, -0.2) is 0 Å². The van der Waals surface area contributed by atoms with E-state index in [1.807, 2.05) is 0 Å². The third kappa shape index (κ3) is 2.93. The SMILES string of the molecule is OC[C@@H](O)[C@H](O)[C@@H]1[C@H](O)[C@H]2[C@@H](O)[C@H](O)[C@@H](O)CN2C[C@@H]1O. The lowest BCUT2D eigenvalue weighted by atomic mass is 9.75. The molecule has 9 atom stereocenters. The molecule has 0 radical (unpaired) electrons. The molecule has 0 saturated carbocycles. The van der Waals surface area contributed by atoms with Crippen molar-refractivity contribution in [1.29, 1.82) is 0 Å². The van der Waals surface area contributed by atoms with Crippen LogP contribution >= 0.6 is 0 Å². The molecule has 0 aliphatic carbocycles. The Balaban J connectivity index is 2.21. The summed E-state index contributed by atoms with van der Waals surface area (Å²) in [4.78, 5) is 1.44. The summed E-state index contributed by atoms with van der Waals surface area (Å²) in [7, 11) is 0. The highest BCUT2D eigenvalue weighted by molar-refractivity contribution is 5.06. The number of aliphatic hydroxyl groups is 8. The standard InChI is InChI=1S/C12H23NO8/c14-3-6(17)9(18)7-4(15)1-13-2-5(16)10(19)12(21)8(13)11(7)20/h4-12,14-21H,1-3H2/t4-,5-,6+,7+,8-,9-,10+,11-,12+/m0/s1. The maximum absolute atomic E-state index is 10.3. The molecule has 2 heterocycles. The molecule has 0 aromatic carbocycles. The lowest BCUT2D eigenvalue weighted by Gasteiger charge is -2.53. The summed E-state index contributed by atoms with van der Waals surface area (Å²) >= 11 is 0. The highest BCUT2D eigenvalue weighted by atomic mass is 16.4. The molecule has 2 rings (SSSR count). The van der Waals surface area contributed by atoms with Crippen LogP contribution in [-0.2, 0) is 0 Å². The number of hydrogen-bond acceptors (Lipinski definition) is 9. The van der Waals surface area contributed by atoms with Gasteiger partial charge in [-0.1, -0.05) is 0 Å². The Bertz CT molecular complexity index is 352. The van der Waals surface area contributed by atoms with Crippen molar-refractivity contribution in [3.63, 3.8) is 0 Å². The second kappa shape index (κ2) is 6.41. The molecule has 9 heteroatoms. The van der Waals surface area contributed by atoms with Gasteiger partial charge in [0.05, 0.1) is 37.1 Å². The Morgan fingerprint density at radius 1 is 0.857 bits per heavy atom. The fourth-order valence-corrected chi connectivity index (χ4v) is 3.34. The van der Waals surface area contributed by atoms with E-state index < -0.39 is 61.3 Å². The molecular weight excluding hydrogens is 286 g/mol. The minimum absolute atomic E-state index is 0.0393. The number of piperidine rings is 2. The van der Waals surface area contributed by atoms with Crippen molar-refractivity contribution in [1.82, 2.24) is 4.90 Å². The molecular formula is C12H23NO8. The van der Waals surface area contributed by atoms with Crippen LogP contribution < -0.4 is 0 Å². The lowest BCUT2D eigenvalue weighted by Crippen LogP contribution is -2.72. The highest BCUT2D eigenvalue weighted by Gasteiger charge is 2.53. The highest BCUT2D eigenvalue weighted by Crippen LogP contribution is 2.33. The Morgan fingerprint density at radius 3 is 2.00 bits per heavy atom. The van der Waals surface area contributed by atoms with Gasteiger partial charge in [-0.2, -0.15) is 0 Å². The molecule has 0 spiro atoms. The Hall–Kier alpha value is -0.360. The molecule has 21 heavy (non-hydrogen) atoms. The number of rotatable bonds is 3. The Labute approximate surface area is 121 Å². The van der Waals surface area contributed by atoms with Gasteiger partial charge in [0.25, 0.3) is 0 Å². The molecule has 2 aliphatic rings. The van der Waals surface area contributed by atoms with Crippen LogP contribution in [0.25, 0.3) is 0 Å². The normalized spacial score (nSPS) is 47.7. The summed E-state index contributed by atoms with van der Waals surface area (Å²) in [5, 5.41) is 78.0. The molecule has 0 amide bonds. The van der Waals surface area contributed by atoms with E-state index in [9.17, 15) is 35.7 Å². The van der Waals surface area contributed by atoms with Crippen molar-refractivity contribution in [3.8, 4) is 0 Å². The van der Waals surface area contributed by atoms with Gasteiger partial charge in [0.2, 0.25) is 0 Å². The third-order valence-corrected chi connectivity index (χ3v) is 4.52. The molecule has 0 unspecified atom stereocenters. The molecule has 9 nitrogen and oxygen atoms in total. The van der Waals surface area contributed by atoms with Crippen LogP contribution in [0.5, 0.6) is 0 Å². The van der Waals surface area contributed by atoms with Gasteiger partial charge in [-0.15, -0.1) is 0 Å². The van der Waals surface area contributed by atoms with Gasteiger partial charge in [0, 0.05) is 19.0 Å². The fraction of sp³-hybridized carbons (Fsp3) is 1.00. The summed E-state index contributed by atoms with van der Waals surface area (Å²) in [6.07, 6.45) is -9.90. The number of fused-ring (bicyclic) bond motifs is 1. The van der Waals surface area contributed by atoms with Gasteiger partial charge < -0.3 is 40.9 Å². The van der Waals surface area contributed by atoms with E-state index in [1.165, 1.54) is 4.90 Å². The summed E-state index contributed by atoms with van der Waals surface area (Å²) in [5.41, 5.74) is 0. The zero-order valence-electron chi connectivity index (χ0n) is 11.3. The first-order valence-corrected chi connectivity index (χ1v) is 6.91. The molecule has 8 N–H and O–H groups in total. The van der Waals surface area contributed by atoms with Crippen molar-refractivity contribution < 1.29 is 40.9 Å². The lowest BCUT2D eigenvalue weighted by molar-refractivity contribution is -0.218. The van der Waals surface area contributed by atoms with Crippen LogP contribution in [0.1, 0.15) is 0 Å². The predicted octanol–water partition coefficient (Wildman–Crippen LogP) is -5.18. The monoisotopic (exact) mass is 309 g/mol. The second-order valence-corrected chi connectivity index (χ2v) is 5.87. The van der Waals surface area contributed by atoms with Crippen molar-refractivity contribution in [2.45, 2.75) is 48.8 Å². The third-order valence-electron chi connectivity index (χ3n) is 4.52. The van der Waals surface area contributed by atoms with Gasteiger partial charge in [-0.3, -0.25) is 4.90 Å². The van der Waals surface area contributed by atoms with Gasteiger partial charge in [-0.05, 0) is 0 Å². The maximum atomic E-state index is 10.3. The molecule has 0 aromatic rings. The van der Waals surface area contributed by atoms with Crippen molar-refractivity contribution in [2.75, 3.05) is 19.7 Å². The Kier molecular flexibility index (Phi) is 5.19. The largest absolute Gasteiger partial charge is 0.394 e. The zero-order chi connectivity index (χ0) is 15.9. The summed E-state index contributed by atoms with van der Waals surface area (Å²) in [6.45, 7) is -0.833. The van der Waals surface area contributed by atoms with Crippen LogP contribution in [-0.4, -0.2) is 114 Å². The zero-order valence-corrected chi connectivity index (χ0v) is 11.3. The van der Waals surface area contributed by atoms with Crippen LogP contribution in [0, 0.1) is 5.92 Å². The molecule has 2 aliphatic heterocycles. The maximum Gasteiger partial charge on any atom is 0.109 e. The van der Waals surface area contributed by atoms with E-state index in [2.05, 4.69) is 0 Å². The van der Waals surface area contributed by atoms with Crippen molar-refractivity contribution in [2.24, 2.45) is 5.92 Å². The van der Waals surface area contributed by atoms with E-state index in [0.717, 1.165) is 0 Å². The van der Waals surface area contributed by atoms with Crippen LogP contribution in [0.4, 0.5) is 0 Å². The molecule has 2 fully saturated rings. The van der Waals surface area contributed by atoms with Gasteiger partial charge in [0.15, 0.2) is 0 Å². The van der Waals surface area contributed by atoms with Crippen LogP contribution in [0.3, 0.4) is 0 Å². The van der Waals surface area contributed by atoms with E-state index in [4.69, 9.17) is 5.11 Å². The minimum atomic E-state index is -1.58. The first-order chi connectivity index (χ1) is 9.79. The van der Waals surface area contributed by atoms with E-state index in [0.29, 0.717) is 0 Å². The molecule has 0 bridgehead atoms. The quantitative estimate of drug-likeness (QED) is 0.254. The average molecular weight is 309 g/mol. The Morgan fingerprint density at radius 2 is 1.43 bits per heavy atom. The molecule has 124 valence electrons. The smallest absolute Gasteiger partial charge is 0.109 e. The molecule has 2 saturated heterocycles. The van der Waals surface area contributed by atoms with Crippen LogP contribution in [0.2, 0.25) is 0 Å². The number of nitrogens with zero attached hydrogens (tertiary/aromatic N) is 1. The number of aliphatic hydroxyl groups excluding tert-OH is 8. The van der Waals surface area contributed by atoms with Crippen molar-refractivity contribution >= 4 is 0 Å². The van der Waals surface area contributed by atoms with E-state index >= 15 is 0 Å². The van der Waals surface area contributed by atoms with Gasteiger partial charge in [0.1, 0.15) is 18.3 Å². The van der Waals surface area contributed by atoms with Crippen LogP contribution in [0.15, 0.2) is 0 Å². The first kappa shape index (κ1) is 17.0. The number of hydrogen-bond donors (Lipinski definition) is 8. The van der Waals surface area contributed by atoms with E-state index in [-0.39, 0.29) is 13.1 Å². The van der Waals surface area contributed by atoms with Gasteiger partial charge >= 0.3 is 0 Å². The van der Waals surface area contributed by atoms with Crippen molar-refractivity contribution in [3.05, 3.63) is 0 Å². The minimum Gasteiger partial charge on any atom is -0.394 e. The second-order valence-electron chi connectivity index (χ2n) is 5.87. The average Bonchev–Trinajstić information content (AvgIpc) is 2.43. The summed E-state index contributed by atoms with van der Waals surface area (Å²) in [5.74, 6) is -1.19.